The minimum absolute atomic E-state index is 0.216. The third-order valence-corrected chi connectivity index (χ3v) is 4.77. The summed E-state index contributed by atoms with van der Waals surface area (Å²) in [7, 11) is 0. The fourth-order valence-corrected chi connectivity index (χ4v) is 3.12. The first-order valence-electron chi connectivity index (χ1n) is 9.53. The first-order valence-corrected chi connectivity index (χ1v) is 9.53. The second-order valence-electron chi connectivity index (χ2n) is 7.55. The van der Waals surface area contributed by atoms with E-state index in [1.807, 2.05) is 60.8 Å². The second-order valence-corrected chi connectivity index (χ2v) is 7.55. The highest BCUT2D eigenvalue weighted by Gasteiger charge is 2.22. The first-order chi connectivity index (χ1) is 13.8. The lowest BCUT2D eigenvalue weighted by Gasteiger charge is -2.16. The molecule has 3 aromatic rings. The van der Waals surface area contributed by atoms with Crippen molar-refractivity contribution in [2.75, 3.05) is 0 Å². The number of pyridine rings is 1. The van der Waals surface area contributed by atoms with Crippen molar-refractivity contribution in [1.29, 1.82) is 0 Å². The number of aliphatic carboxylic acids is 1. The molecule has 0 saturated heterocycles. The van der Waals surface area contributed by atoms with Crippen LogP contribution in [0.1, 0.15) is 30.7 Å². The Labute approximate surface area is 169 Å². The highest BCUT2D eigenvalue weighted by molar-refractivity contribution is 5.95. The molecule has 1 unspecified atom stereocenters. The van der Waals surface area contributed by atoms with Crippen LogP contribution in [0.15, 0.2) is 48.7 Å². The molecule has 0 aliphatic carbocycles. The van der Waals surface area contributed by atoms with Gasteiger partial charge in [-0.2, -0.15) is 0 Å². The molecule has 0 aliphatic rings. The van der Waals surface area contributed by atoms with Gasteiger partial charge in [0.1, 0.15) is 11.7 Å². The monoisotopic (exact) mass is 391 g/mol. The second kappa shape index (κ2) is 8.31. The van der Waals surface area contributed by atoms with Gasteiger partial charge in [-0.1, -0.05) is 43.7 Å². The van der Waals surface area contributed by atoms with Crippen LogP contribution in [0.2, 0.25) is 0 Å². The number of carbonyl (C=O) groups is 2. The van der Waals surface area contributed by atoms with Crippen molar-refractivity contribution in [2.45, 2.75) is 33.7 Å². The summed E-state index contributed by atoms with van der Waals surface area (Å²) in [5.74, 6) is -1.72. The maximum atomic E-state index is 12.3. The third-order valence-electron chi connectivity index (χ3n) is 4.77. The van der Waals surface area contributed by atoms with E-state index in [-0.39, 0.29) is 5.92 Å². The van der Waals surface area contributed by atoms with Crippen molar-refractivity contribution in [3.8, 4) is 11.3 Å². The average molecular weight is 391 g/mol. The van der Waals surface area contributed by atoms with E-state index in [4.69, 9.17) is 4.98 Å². The number of aromatic nitrogens is 2. The molecule has 3 rings (SSSR count). The number of carboxylic acid groups (broad SMARTS) is 1. The SMILES string of the molecule is Cc1ccc(-c2nc3cc(C)ccn3c2/C=C/C(=O)NC(C(=O)O)C(C)C)cc1. The van der Waals surface area contributed by atoms with Crippen molar-refractivity contribution < 1.29 is 14.7 Å². The minimum atomic E-state index is -1.05. The average Bonchev–Trinajstić information content (AvgIpc) is 3.02. The number of carboxylic acids is 1. The Kier molecular flexibility index (Phi) is 5.82. The molecule has 1 amide bonds. The number of carbonyl (C=O) groups excluding carboxylic acids is 1. The van der Waals surface area contributed by atoms with E-state index in [0.29, 0.717) is 0 Å². The van der Waals surface area contributed by atoms with Crippen LogP contribution in [-0.4, -0.2) is 32.4 Å². The zero-order valence-electron chi connectivity index (χ0n) is 17.0. The van der Waals surface area contributed by atoms with E-state index in [1.54, 1.807) is 19.9 Å². The minimum Gasteiger partial charge on any atom is -0.480 e. The summed E-state index contributed by atoms with van der Waals surface area (Å²) in [6.07, 6.45) is 4.96. The van der Waals surface area contributed by atoms with Crippen LogP contribution < -0.4 is 5.32 Å². The van der Waals surface area contributed by atoms with Crippen molar-refractivity contribution >= 4 is 23.6 Å². The van der Waals surface area contributed by atoms with Crippen LogP contribution in [0.4, 0.5) is 0 Å². The van der Waals surface area contributed by atoms with Gasteiger partial charge in [0, 0.05) is 17.8 Å². The molecule has 0 spiro atoms. The summed E-state index contributed by atoms with van der Waals surface area (Å²) < 4.78 is 1.92. The zero-order valence-corrected chi connectivity index (χ0v) is 17.0. The summed E-state index contributed by atoms with van der Waals surface area (Å²) in [6.45, 7) is 7.53. The quantitative estimate of drug-likeness (QED) is 0.625. The molecule has 0 bridgehead atoms. The van der Waals surface area contributed by atoms with Gasteiger partial charge in [0.05, 0.1) is 11.4 Å². The Bertz CT molecular complexity index is 1080. The van der Waals surface area contributed by atoms with Gasteiger partial charge in [0.25, 0.3) is 0 Å². The van der Waals surface area contributed by atoms with Crippen molar-refractivity contribution in [2.24, 2.45) is 5.92 Å². The molecule has 0 saturated carbocycles. The van der Waals surface area contributed by atoms with Crippen LogP contribution in [0.5, 0.6) is 0 Å². The number of amides is 1. The van der Waals surface area contributed by atoms with Crippen LogP contribution in [0.25, 0.3) is 23.0 Å². The van der Waals surface area contributed by atoms with Crippen LogP contribution in [0.3, 0.4) is 0 Å². The Morgan fingerprint density at radius 1 is 1.10 bits per heavy atom. The molecule has 2 aromatic heterocycles. The zero-order chi connectivity index (χ0) is 21.1. The van der Waals surface area contributed by atoms with E-state index in [9.17, 15) is 14.7 Å². The van der Waals surface area contributed by atoms with Crippen LogP contribution in [0, 0.1) is 19.8 Å². The molecule has 1 atom stereocenters. The van der Waals surface area contributed by atoms with E-state index >= 15 is 0 Å². The number of hydrogen-bond acceptors (Lipinski definition) is 3. The maximum Gasteiger partial charge on any atom is 0.326 e. The maximum absolute atomic E-state index is 12.3. The predicted molar refractivity (Wildman–Crippen MR) is 114 cm³/mol. The lowest BCUT2D eigenvalue weighted by molar-refractivity contribution is -0.142. The molecule has 6 heteroatoms. The molecule has 150 valence electrons. The molecule has 6 nitrogen and oxygen atoms in total. The Morgan fingerprint density at radius 2 is 1.79 bits per heavy atom. The molecule has 2 heterocycles. The lowest BCUT2D eigenvalue weighted by atomic mass is 10.0. The van der Waals surface area contributed by atoms with Gasteiger partial charge in [-0.25, -0.2) is 9.78 Å². The molecule has 29 heavy (non-hydrogen) atoms. The summed E-state index contributed by atoms with van der Waals surface area (Å²) >= 11 is 0. The van der Waals surface area contributed by atoms with Gasteiger partial charge >= 0.3 is 5.97 Å². The largest absolute Gasteiger partial charge is 0.480 e. The van der Waals surface area contributed by atoms with Gasteiger partial charge in [0.15, 0.2) is 0 Å². The Hall–Kier alpha value is -3.41. The number of hydrogen-bond donors (Lipinski definition) is 2. The van der Waals surface area contributed by atoms with Crippen molar-refractivity contribution in [3.05, 3.63) is 65.5 Å². The normalized spacial score (nSPS) is 12.6. The van der Waals surface area contributed by atoms with Gasteiger partial charge in [-0.05, 0) is 43.5 Å². The number of imidazole rings is 1. The molecular weight excluding hydrogens is 366 g/mol. The highest BCUT2D eigenvalue weighted by Crippen LogP contribution is 2.26. The topological polar surface area (TPSA) is 83.7 Å². The van der Waals surface area contributed by atoms with Crippen molar-refractivity contribution in [1.82, 2.24) is 14.7 Å². The van der Waals surface area contributed by atoms with E-state index in [0.717, 1.165) is 33.7 Å². The van der Waals surface area contributed by atoms with E-state index < -0.39 is 17.9 Å². The summed E-state index contributed by atoms with van der Waals surface area (Å²) in [4.78, 5) is 28.4. The summed E-state index contributed by atoms with van der Waals surface area (Å²) in [5.41, 5.74) is 5.49. The smallest absolute Gasteiger partial charge is 0.326 e. The van der Waals surface area contributed by atoms with Gasteiger partial charge in [0.2, 0.25) is 5.91 Å². The number of aryl methyl sites for hydroxylation is 2. The van der Waals surface area contributed by atoms with E-state index in [1.165, 1.54) is 6.08 Å². The van der Waals surface area contributed by atoms with Crippen molar-refractivity contribution in [3.63, 3.8) is 0 Å². The number of nitrogens with one attached hydrogen (secondary N) is 1. The number of nitrogens with zero attached hydrogens (tertiary/aromatic N) is 2. The van der Waals surface area contributed by atoms with Crippen LogP contribution >= 0.6 is 0 Å². The standard InChI is InChI=1S/C23H25N3O3/c1-14(2)21(23(28)29)25-20(27)10-9-18-22(17-7-5-15(3)6-8-17)24-19-13-16(4)11-12-26(18)19/h5-14,21H,1-4H3,(H,25,27)(H,28,29)/b10-9+. The molecule has 0 radical (unpaired) electrons. The number of fused-ring (bicyclic) bond motifs is 1. The predicted octanol–water partition coefficient (Wildman–Crippen LogP) is 3.86. The molecule has 2 N–H and O–H groups in total. The fraction of sp³-hybridized carbons (Fsp3) is 0.261. The highest BCUT2D eigenvalue weighted by atomic mass is 16.4. The number of rotatable bonds is 6. The summed E-state index contributed by atoms with van der Waals surface area (Å²) in [5, 5.41) is 11.8. The Balaban J connectivity index is 2.00. The summed E-state index contributed by atoms with van der Waals surface area (Å²) in [6, 6.07) is 11.1. The number of benzene rings is 1. The molecular formula is C23H25N3O3. The van der Waals surface area contributed by atoms with Gasteiger partial charge in [-0.15, -0.1) is 0 Å². The van der Waals surface area contributed by atoms with E-state index in [2.05, 4.69) is 5.32 Å². The third kappa shape index (κ3) is 4.54. The Morgan fingerprint density at radius 3 is 2.41 bits per heavy atom. The molecule has 0 aliphatic heterocycles. The molecule has 1 aromatic carbocycles. The lowest BCUT2D eigenvalue weighted by Crippen LogP contribution is -2.43. The van der Waals surface area contributed by atoms with Gasteiger partial charge < -0.3 is 10.4 Å². The first kappa shape index (κ1) is 20.3. The fourth-order valence-electron chi connectivity index (χ4n) is 3.12. The van der Waals surface area contributed by atoms with Crippen LogP contribution in [-0.2, 0) is 9.59 Å². The molecule has 0 fully saturated rings. The van der Waals surface area contributed by atoms with Gasteiger partial charge in [-0.3, -0.25) is 9.20 Å².